The number of hydrogen-bond acceptors (Lipinski definition) is 6. The second-order valence-corrected chi connectivity index (χ2v) is 11.4. The molecule has 0 radical (unpaired) electrons. The largest absolute Gasteiger partial charge is 0.478 e. The SMILES string of the molecule is CCOC(=N)c1ccc2c(N)c(C(=O)NCC3CCCCC3)n(CCS(=O)(=O)c3ccccc3)c2c1. The number of nitrogen functional groups attached to an aromatic ring is 1. The van der Waals surface area contributed by atoms with E-state index in [0.717, 1.165) is 12.8 Å². The van der Waals surface area contributed by atoms with E-state index < -0.39 is 9.84 Å². The molecule has 1 heterocycles. The molecule has 0 bridgehead atoms. The Kier molecular flexibility index (Phi) is 7.98. The number of hydrogen-bond donors (Lipinski definition) is 3. The number of anilines is 1. The van der Waals surface area contributed by atoms with Crippen molar-refractivity contribution >= 4 is 38.2 Å². The summed E-state index contributed by atoms with van der Waals surface area (Å²) in [5.74, 6) is -0.0618. The topological polar surface area (TPSA) is 127 Å². The molecule has 1 aromatic heterocycles. The van der Waals surface area contributed by atoms with Gasteiger partial charge in [-0.25, -0.2) is 8.42 Å². The number of aromatic nitrogens is 1. The molecule has 36 heavy (non-hydrogen) atoms. The number of carbonyl (C=O) groups excluding carboxylic acids is 1. The van der Waals surface area contributed by atoms with Crippen LogP contribution >= 0.6 is 0 Å². The average Bonchev–Trinajstić information content (AvgIpc) is 3.18. The van der Waals surface area contributed by atoms with Crippen LogP contribution in [0.2, 0.25) is 0 Å². The molecule has 4 rings (SSSR count). The quantitative estimate of drug-likeness (QED) is 0.291. The molecule has 192 valence electrons. The number of nitrogens with one attached hydrogen (secondary N) is 2. The third-order valence-corrected chi connectivity index (χ3v) is 8.54. The first-order valence-corrected chi connectivity index (χ1v) is 14.2. The molecule has 0 saturated heterocycles. The molecule has 0 atom stereocenters. The molecule has 8 nitrogen and oxygen atoms in total. The lowest BCUT2D eigenvalue weighted by Crippen LogP contribution is -2.32. The second kappa shape index (κ2) is 11.2. The maximum absolute atomic E-state index is 13.4. The molecular weight excluding hydrogens is 476 g/mol. The van der Waals surface area contributed by atoms with E-state index in [1.165, 1.54) is 19.3 Å². The van der Waals surface area contributed by atoms with E-state index in [2.05, 4.69) is 5.32 Å². The zero-order chi connectivity index (χ0) is 25.7. The van der Waals surface area contributed by atoms with Gasteiger partial charge in [-0.3, -0.25) is 10.2 Å². The summed E-state index contributed by atoms with van der Waals surface area (Å²) in [7, 11) is -3.59. The Morgan fingerprint density at radius 1 is 1.14 bits per heavy atom. The van der Waals surface area contributed by atoms with Crippen molar-refractivity contribution in [1.29, 1.82) is 5.41 Å². The van der Waals surface area contributed by atoms with Gasteiger partial charge in [0.25, 0.3) is 5.91 Å². The van der Waals surface area contributed by atoms with Crippen LogP contribution in [0.25, 0.3) is 10.9 Å². The van der Waals surface area contributed by atoms with Crippen LogP contribution < -0.4 is 11.1 Å². The van der Waals surface area contributed by atoms with Gasteiger partial charge >= 0.3 is 0 Å². The van der Waals surface area contributed by atoms with Crippen molar-refractivity contribution in [3.05, 3.63) is 59.8 Å². The number of nitrogens with two attached hydrogens (primary N) is 1. The minimum Gasteiger partial charge on any atom is -0.478 e. The van der Waals surface area contributed by atoms with Crippen molar-refractivity contribution in [2.45, 2.75) is 50.5 Å². The van der Waals surface area contributed by atoms with Crippen molar-refractivity contribution in [3.63, 3.8) is 0 Å². The Morgan fingerprint density at radius 3 is 2.56 bits per heavy atom. The van der Waals surface area contributed by atoms with Crippen molar-refractivity contribution < 1.29 is 17.9 Å². The van der Waals surface area contributed by atoms with Crippen molar-refractivity contribution in [1.82, 2.24) is 9.88 Å². The number of aryl methyl sites for hydroxylation is 1. The fraction of sp³-hybridized carbons (Fsp3) is 0.407. The van der Waals surface area contributed by atoms with Crippen LogP contribution in [0.4, 0.5) is 5.69 Å². The molecule has 4 N–H and O–H groups in total. The predicted molar refractivity (Wildman–Crippen MR) is 142 cm³/mol. The van der Waals surface area contributed by atoms with E-state index >= 15 is 0 Å². The Labute approximate surface area is 212 Å². The predicted octanol–water partition coefficient (Wildman–Crippen LogP) is 4.37. The fourth-order valence-corrected chi connectivity index (χ4v) is 6.12. The van der Waals surface area contributed by atoms with Crippen molar-refractivity contribution in [2.75, 3.05) is 24.6 Å². The zero-order valence-electron chi connectivity index (χ0n) is 20.6. The maximum atomic E-state index is 13.4. The number of fused-ring (bicyclic) bond motifs is 1. The van der Waals surface area contributed by atoms with E-state index in [4.69, 9.17) is 15.9 Å². The Bertz CT molecular complexity index is 1340. The highest BCUT2D eigenvalue weighted by atomic mass is 32.2. The van der Waals surface area contributed by atoms with Crippen LogP contribution in [0.15, 0.2) is 53.4 Å². The Balaban J connectivity index is 1.69. The molecule has 1 aliphatic rings. The average molecular weight is 511 g/mol. The van der Waals surface area contributed by atoms with Gasteiger partial charge in [0.1, 0.15) is 5.69 Å². The lowest BCUT2D eigenvalue weighted by molar-refractivity contribution is 0.0936. The summed E-state index contributed by atoms with van der Waals surface area (Å²) in [6.07, 6.45) is 5.78. The van der Waals surface area contributed by atoms with Gasteiger partial charge in [0.15, 0.2) is 9.84 Å². The van der Waals surface area contributed by atoms with Crippen molar-refractivity contribution in [2.24, 2.45) is 5.92 Å². The van der Waals surface area contributed by atoms with Crippen LogP contribution in [0.3, 0.4) is 0 Å². The van der Waals surface area contributed by atoms with E-state index in [1.54, 1.807) is 60.0 Å². The molecule has 0 unspecified atom stereocenters. The van der Waals surface area contributed by atoms with Gasteiger partial charge in [0, 0.05) is 24.0 Å². The van der Waals surface area contributed by atoms with Gasteiger partial charge in [0.05, 0.1) is 28.5 Å². The molecule has 1 aliphatic carbocycles. The first-order valence-electron chi connectivity index (χ1n) is 12.5. The number of benzene rings is 2. The lowest BCUT2D eigenvalue weighted by Gasteiger charge is -2.22. The molecule has 1 fully saturated rings. The summed E-state index contributed by atoms with van der Waals surface area (Å²) in [5, 5.41) is 11.9. The van der Waals surface area contributed by atoms with E-state index in [9.17, 15) is 13.2 Å². The number of amides is 1. The monoisotopic (exact) mass is 510 g/mol. The summed E-state index contributed by atoms with van der Waals surface area (Å²) in [6, 6.07) is 13.5. The lowest BCUT2D eigenvalue weighted by atomic mass is 9.89. The van der Waals surface area contributed by atoms with Gasteiger partial charge in [-0.2, -0.15) is 0 Å². The summed E-state index contributed by atoms with van der Waals surface area (Å²) in [6.45, 7) is 2.77. The number of nitrogens with zero attached hydrogens (tertiary/aromatic N) is 1. The highest BCUT2D eigenvalue weighted by molar-refractivity contribution is 7.91. The summed E-state index contributed by atoms with van der Waals surface area (Å²) >= 11 is 0. The van der Waals surface area contributed by atoms with Gasteiger partial charge < -0.3 is 20.4 Å². The van der Waals surface area contributed by atoms with Crippen LogP contribution in [0, 0.1) is 11.3 Å². The van der Waals surface area contributed by atoms with Crippen molar-refractivity contribution in [3.8, 4) is 0 Å². The summed E-state index contributed by atoms with van der Waals surface area (Å²) in [5.41, 5.74) is 8.15. The van der Waals surface area contributed by atoms with Crippen LogP contribution in [0.5, 0.6) is 0 Å². The maximum Gasteiger partial charge on any atom is 0.270 e. The Morgan fingerprint density at radius 2 is 1.86 bits per heavy atom. The van der Waals surface area contributed by atoms with E-state index in [1.807, 2.05) is 0 Å². The van der Waals surface area contributed by atoms with Crippen LogP contribution in [-0.4, -0.2) is 43.7 Å². The standard InChI is InChI=1S/C27H34N4O4S/c1-2-35-26(29)20-13-14-22-23(17-20)31(15-16-36(33,34)21-11-7-4-8-12-21)25(24(22)28)27(32)30-18-19-9-5-3-6-10-19/h4,7-8,11-14,17,19,29H,2-3,5-6,9-10,15-16,18,28H2,1H3,(H,30,32). The number of sulfone groups is 1. The molecule has 3 aromatic rings. The fourth-order valence-electron chi connectivity index (χ4n) is 4.89. The first-order chi connectivity index (χ1) is 17.3. The van der Waals surface area contributed by atoms with Gasteiger partial charge in [-0.1, -0.05) is 37.5 Å². The summed E-state index contributed by atoms with van der Waals surface area (Å²) < 4.78 is 33.1. The van der Waals surface area contributed by atoms with Gasteiger partial charge in [-0.05, 0) is 56.0 Å². The highest BCUT2D eigenvalue weighted by Gasteiger charge is 2.25. The smallest absolute Gasteiger partial charge is 0.270 e. The summed E-state index contributed by atoms with van der Waals surface area (Å²) in [4.78, 5) is 13.6. The zero-order valence-corrected chi connectivity index (χ0v) is 21.4. The molecule has 9 heteroatoms. The molecule has 1 saturated carbocycles. The highest BCUT2D eigenvalue weighted by Crippen LogP contribution is 2.31. The van der Waals surface area contributed by atoms with Crippen LogP contribution in [-0.2, 0) is 21.1 Å². The normalized spacial score (nSPS) is 14.6. The van der Waals surface area contributed by atoms with Gasteiger partial charge in [0.2, 0.25) is 5.90 Å². The molecular formula is C27H34N4O4S. The minimum absolute atomic E-state index is 0.00549. The molecule has 0 spiro atoms. The van der Waals surface area contributed by atoms with E-state index in [-0.39, 0.29) is 34.7 Å². The number of ether oxygens (including phenoxy) is 1. The third kappa shape index (κ3) is 5.56. The Hall–Kier alpha value is -3.33. The number of carbonyl (C=O) groups is 1. The number of rotatable bonds is 9. The van der Waals surface area contributed by atoms with Gasteiger partial charge in [-0.15, -0.1) is 0 Å². The molecule has 2 aromatic carbocycles. The minimum atomic E-state index is -3.59. The first kappa shape index (κ1) is 25.8. The molecule has 1 amide bonds. The molecule has 0 aliphatic heterocycles. The van der Waals surface area contributed by atoms with E-state index in [0.29, 0.717) is 41.2 Å². The second-order valence-electron chi connectivity index (χ2n) is 9.25. The third-order valence-electron chi connectivity index (χ3n) is 6.83. The van der Waals surface area contributed by atoms with Crippen LogP contribution in [0.1, 0.15) is 55.1 Å².